The van der Waals surface area contributed by atoms with Gasteiger partial charge in [0.15, 0.2) is 5.15 Å². The van der Waals surface area contributed by atoms with Crippen molar-refractivity contribution in [1.82, 2.24) is 4.98 Å². The van der Waals surface area contributed by atoms with Crippen LogP contribution >= 0.6 is 23.2 Å². The maximum Gasteiger partial charge on any atom is 0.266 e. The molecule has 0 radical (unpaired) electrons. The zero-order valence-corrected chi connectivity index (χ0v) is 13.0. The van der Waals surface area contributed by atoms with E-state index in [1.54, 1.807) is 6.92 Å². The molecule has 1 aromatic carbocycles. The van der Waals surface area contributed by atoms with Crippen molar-refractivity contribution < 1.29 is 12.8 Å². The fourth-order valence-electron chi connectivity index (χ4n) is 1.71. The van der Waals surface area contributed by atoms with Crippen LogP contribution in [-0.2, 0) is 10.0 Å². The maximum atomic E-state index is 13.7. The molecule has 0 amide bonds. The number of hydrogen-bond acceptors (Lipinski definition) is 4. The monoisotopic (exact) mass is 349 g/mol. The summed E-state index contributed by atoms with van der Waals surface area (Å²) < 4.78 is 40.5. The summed E-state index contributed by atoms with van der Waals surface area (Å²) in [7, 11) is -4.25. The molecule has 0 atom stereocenters. The largest absolute Gasteiger partial charge is 0.398 e. The van der Waals surface area contributed by atoms with E-state index in [-0.39, 0.29) is 21.7 Å². The number of pyridine rings is 1. The first-order chi connectivity index (χ1) is 9.72. The first kappa shape index (κ1) is 15.8. The first-order valence-corrected chi connectivity index (χ1v) is 7.85. The van der Waals surface area contributed by atoms with Crippen LogP contribution in [0.2, 0.25) is 10.3 Å². The summed E-state index contributed by atoms with van der Waals surface area (Å²) in [5, 5.41) is -0.0238. The Hall–Kier alpha value is -1.57. The van der Waals surface area contributed by atoms with Gasteiger partial charge >= 0.3 is 0 Å². The van der Waals surface area contributed by atoms with Crippen LogP contribution in [0.4, 0.5) is 15.8 Å². The van der Waals surface area contributed by atoms with E-state index in [4.69, 9.17) is 28.9 Å². The van der Waals surface area contributed by atoms with E-state index in [0.717, 1.165) is 6.07 Å². The minimum absolute atomic E-state index is 0.0173. The van der Waals surface area contributed by atoms with Crippen LogP contribution < -0.4 is 10.5 Å². The van der Waals surface area contributed by atoms with Crippen molar-refractivity contribution in [3.63, 3.8) is 0 Å². The van der Waals surface area contributed by atoms with Crippen molar-refractivity contribution in [2.45, 2.75) is 11.8 Å². The third-order valence-corrected chi connectivity index (χ3v) is 4.55. The smallest absolute Gasteiger partial charge is 0.266 e. The molecule has 0 aliphatic rings. The van der Waals surface area contributed by atoms with E-state index in [2.05, 4.69) is 9.71 Å². The molecule has 0 fully saturated rings. The Morgan fingerprint density at radius 2 is 2.00 bits per heavy atom. The fourth-order valence-corrected chi connectivity index (χ4v) is 3.68. The number of aryl methyl sites for hydroxylation is 1. The van der Waals surface area contributed by atoms with Crippen molar-refractivity contribution >= 4 is 44.6 Å². The highest BCUT2D eigenvalue weighted by Crippen LogP contribution is 2.30. The standard InChI is InChI=1S/C12H10Cl2FN3O2S/c1-6-5-9(13)17-12(14)10(6)18-21(19,20)11-7(15)3-2-4-8(11)16/h2-5,18H,16H2,1H3. The van der Waals surface area contributed by atoms with E-state index >= 15 is 0 Å². The summed E-state index contributed by atoms with van der Waals surface area (Å²) >= 11 is 11.6. The van der Waals surface area contributed by atoms with Crippen molar-refractivity contribution in [1.29, 1.82) is 0 Å². The SMILES string of the molecule is Cc1cc(Cl)nc(Cl)c1NS(=O)(=O)c1c(N)cccc1F. The summed E-state index contributed by atoms with van der Waals surface area (Å²) in [5.74, 6) is -0.960. The molecule has 2 aromatic rings. The number of nitrogens with zero attached hydrogens (tertiary/aromatic N) is 1. The Morgan fingerprint density at radius 3 is 2.57 bits per heavy atom. The lowest BCUT2D eigenvalue weighted by Crippen LogP contribution is -2.17. The molecule has 5 nitrogen and oxygen atoms in total. The number of nitrogens with one attached hydrogen (secondary N) is 1. The molecule has 3 N–H and O–H groups in total. The molecule has 2 rings (SSSR count). The van der Waals surface area contributed by atoms with Crippen molar-refractivity contribution in [2.75, 3.05) is 10.5 Å². The van der Waals surface area contributed by atoms with Gasteiger partial charge in [-0.1, -0.05) is 29.3 Å². The number of rotatable bonds is 3. The van der Waals surface area contributed by atoms with Crippen LogP contribution in [0.5, 0.6) is 0 Å². The van der Waals surface area contributed by atoms with Gasteiger partial charge in [0.1, 0.15) is 15.9 Å². The van der Waals surface area contributed by atoms with E-state index in [1.165, 1.54) is 18.2 Å². The van der Waals surface area contributed by atoms with Gasteiger partial charge in [0.2, 0.25) is 0 Å². The van der Waals surface area contributed by atoms with E-state index in [9.17, 15) is 12.8 Å². The second kappa shape index (κ2) is 5.67. The lowest BCUT2D eigenvalue weighted by atomic mass is 10.3. The number of hydrogen-bond donors (Lipinski definition) is 2. The number of sulfonamides is 1. The first-order valence-electron chi connectivity index (χ1n) is 5.62. The lowest BCUT2D eigenvalue weighted by Gasteiger charge is -2.13. The Labute approximate surface area is 130 Å². The molecule has 0 aliphatic carbocycles. The molecule has 1 heterocycles. The molecular formula is C12H10Cl2FN3O2S. The second-order valence-corrected chi connectivity index (χ2v) is 6.56. The minimum atomic E-state index is -4.25. The molecule has 9 heteroatoms. The minimum Gasteiger partial charge on any atom is -0.398 e. The summed E-state index contributed by atoms with van der Waals surface area (Å²) in [6.45, 7) is 1.59. The molecule has 0 bridgehead atoms. The Kier molecular flexibility index (Phi) is 4.27. The molecule has 0 saturated heterocycles. The Balaban J connectivity index is 2.53. The van der Waals surface area contributed by atoms with Gasteiger partial charge in [0.25, 0.3) is 10.0 Å². The van der Waals surface area contributed by atoms with Crippen LogP contribution in [-0.4, -0.2) is 13.4 Å². The van der Waals surface area contributed by atoms with Gasteiger partial charge in [-0.2, -0.15) is 0 Å². The van der Waals surface area contributed by atoms with Gasteiger partial charge in [-0.15, -0.1) is 0 Å². The van der Waals surface area contributed by atoms with Gasteiger partial charge < -0.3 is 5.73 Å². The lowest BCUT2D eigenvalue weighted by molar-refractivity contribution is 0.571. The van der Waals surface area contributed by atoms with E-state index < -0.39 is 20.7 Å². The van der Waals surface area contributed by atoms with Crippen LogP contribution in [0.15, 0.2) is 29.2 Å². The number of nitrogens with two attached hydrogens (primary N) is 1. The predicted molar refractivity (Wildman–Crippen MR) is 80.6 cm³/mol. The Morgan fingerprint density at radius 1 is 1.33 bits per heavy atom. The second-order valence-electron chi connectivity index (χ2n) is 4.19. The molecule has 0 unspecified atom stereocenters. The Bertz CT molecular complexity index is 769. The van der Waals surface area contributed by atoms with Crippen LogP contribution in [0, 0.1) is 12.7 Å². The average Bonchev–Trinajstić information content (AvgIpc) is 2.33. The predicted octanol–water partition coefficient (Wildman–Crippen LogP) is 3.22. The van der Waals surface area contributed by atoms with E-state index in [1.807, 2.05) is 0 Å². The maximum absolute atomic E-state index is 13.7. The summed E-state index contributed by atoms with van der Waals surface area (Å²) in [4.78, 5) is 3.09. The normalized spacial score (nSPS) is 11.4. The van der Waals surface area contributed by atoms with Crippen molar-refractivity contribution in [3.05, 3.63) is 46.0 Å². The molecule has 1 aromatic heterocycles. The average molecular weight is 350 g/mol. The summed E-state index contributed by atoms with van der Waals surface area (Å²) in [6.07, 6.45) is 0. The topological polar surface area (TPSA) is 85.1 Å². The highest BCUT2D eigenvalue weighted by atomic mass is 35.5. The third-order valence-electron chi connectivity index (χ3n) is 2.64. The summed E-state index contributed by atoms with van der Waals surface area (Å²) in [5.41, 5.74) is 5.78. The highest BCUT2D eigenvalue weighted by Gasteiger charge is 2.24. The number of aromatic nitrogens is 1. The number of benzene rings is 1. The molecule has 0 spiro atoms. The number of halogens is 3. The molecule has 21 heavy (non-hydrogen) atoms. The zero-order chi connectivity index (χ0) is 15.8. The van der Waals surface area contributed by atoms with Gasteiger partial charge in [-0.25, -0.2) is 17.8 Å². The molecule has 0 aliphatic heterocycles. The highest BCUT2D eigenvalue weighted by molar-refractivity contribution is 7.93. The van der Waals surface area contributed by atoms with Gasteiger partial charge in [-0.3, -0.25) is 4.72 Å². The quantitative estimate of drug-likeness (QED) is 0.658. The van der Waals surface area contributed by atoms with Gasteiger partial charge in [-0.05, 0) is 30.7 Å². The van der Waals surface area contributed by atoms with Crippen LogP contribution in [0.3, 0.4) is 0 Å². The molecular weight excluding hydrogens is 340 g/mol. The third kappa shape index (κ3) is 3.20. The summed E-state index contributed by atoms with van der Waals surface area (Å²) in [6, 6.07) is 5.02. The number of nitrogen functional groups attached to an aromatic ring is 1. The van der Waals surface area contributed by atoms with Crippen LogP contribution in [0.1, 0.15) is 5.56 Å². The van der Waals surface area contributed by atoms with Crippen molar-refractivity contribution in [3.8, 4) is 0 Å². The molecule has 0 saturated carbocycles. The van der Waals surface area contributed by atoms with Gasteiger partial charge in [0, 0.05) is 0 Å². The molecule has 112 valence electrons. The fraction of sp³-hybridized carbons (Fsp3) is 0.0833. The zero-order valence-electron chi connectivity index (χ0n) is 10.7. The number of anilines is 2. The van der Waals surface area contributed by atoms with E-state index in [0.29, 0.717) is 5.56 Å². The van der Waals surface area contributed by atoms with Gasteiger partial charge in [0.05, 0.1) is 11.4 Å². The van der Waals surface area contributed by atoms with Crippen LogP contribution in [0.25, 0.3) is 0 Å². The van der Waals surface area contributed by atoms with Crippen molar-refractivity contribution in [2.24, 2.45) is 0 Å².